The predicted molar refractivity (Wildman–Crippen MR) is 82.8 cm³/mol. The minimum Gasteiger partial charge on any atom is -0.508 e. The highest BCUT2D eigenvalue weighted by Crippen LogP contribution is 2.26. The van der Waals surface area contributed by atoms with Crippen molar-refractivity contribution in [3.05, 3.63) is 18.2 Å². The van der Waals surface area contributed by atoms with Crippen LogP contribution in [0.2, 0.25) is 0 Å². The highest BCUT2D eigenvalue weighted by atomic mass is 16.3. The molecule has 0 saturated carbocycles. The number of nitrogen functional groups attached to an aromatic ring is 1. The molecule has 0 spiro atoms. The van der Waals surface area contributed by atoms with E-state index in [9.17, 15) is 5.11 Å². The van der Waals surface area contributed by atoms with E-state index in [4.69, 9.17) is 5.73 Å². The molecule has 0 aliphatic heterocycles. The van der Waals surface area contributed by atoms with E-state index >= 15 is 0 Å². The predicted octanol–water partition coefficient (Wildman–Crippen LogP) is 2.53. The van der Waals surface area contributed by atoms with Gasteiger partial charge in [0.1, 0.15) is 5.75 Å². The number of hydrogen-bond acceptors (Lipinski definition) is 4. The lowest BCUT2D eigenvalue weighted by atomic mass is 10.2. The SMILES string of the molecule is CCCCCN(C)CCN(C)c1cc(O)ccc1N. The first-order valence-corrected chi connectivity index (χ1v) is 7.02. The maximum absolute atomic E-state index is 9.51. The molecule has 0 atom stereocenters. The van der Waals surface area contributed by atoms with Crippen LogP contribution in [0.15, 0.2) is 18.2 Å². The second-order valence-electron chi connectivity index (χ2n) is 5.18. The summed E-state index contributed by atoms with van der Waals surface area (Å²) in [6, 6.07) is 5.07. The molecule has 0 amide bonds. The molecule has 1 aromatic carbocycles. The van der Waals surface area contributed by atoms with Gasteiger partial charge in [-0.25, -0.2) is 0 Å². The van der Waals surface area contributed by atoms with Crippen LogP contribution in [0, 0.1) is 0 Å². The zero-order valence-electron chi connectivity index (χ0n) is 12.4. The third-order valence-corrected chi connectivity index (χ3v) is 3.39. The van der Waals surface area contributed by atoms with E-state index in [2.05, 4.69) is 23.8 Å². The fourth-order valence-electron chi connectivity index (χ4n) is 2.05. The summed E-state index contributed by atoms with van der Waals surface area (Å²) in [7, 11) is 4.15. The number of anilines is 2. The van der Waals surface area contributed by atoms with Crippen molar-refractivity contribution in [1.82, 2.24) is 4.90 Å². The molecule has 108 valence electrons. The van der Waals surface area contributed by atoms with Crippen LogP contribution in [0.5, 0.6) is 5.75 Å². The van der Waals surface area contributed by atoms with E-state index in [0.29, 0.717) is 5.69 Å². The first-order valence-electron chi connectivity index (χ1n) is 7.02. The molecule has 1 rings (SSSR count). The van der Waals surface area contributed by atoms with Gasteiger partial charge < -0.3 is 20.6 Å². The van der Waals surface area contributed by atoms with E-state index in [1.807, 2.05) is 7.05 Å². The van der Waals surface area contributed by atoms with Gasteiger partial charge in [0.15, 0.2) is 0 Å². The van der Waals surface area contributed by atoms with Gasteiger partial charge in [0.2, 0.25) is 0 Å². The second-order valence-corrected chi connectivity index (χ2v) is 5.18. The van der Waals surface area contributed by atoms with Crippen molar-refractivity contribution in [2.45, 2.75) is 26.2 Å². The number of benzene rings is 1. The van der Waals surface area contributed by atoms with Crippen LogP contribution in [0.3, 0.4) is 0 Å². The standard InChI is InChI=1S/C15H27N3O/c1-4-5-6-9-17(2)10-11-18(3)15-12-13(19)7-8-14(15)16/h7-8,12,19H,4-6,9-11,16H2,1-3H3. The Morgan fingerprint density at radius 3 is 2.53 bits per heavy atom. The van der Waals surface area contributed by atoms with Crippen LogP contribution in [0.1, 0.15) is 26.2 Å². The topological polar surface area (TPSA) is 52.7 Å². The van der Waals surface area contributed by atoms with Gasteiger partial charge in [-0.15, -0.1) is 0 Å². The van der Waals surface area contributed by atoms with Crippen molar-refractivity contribution in [2.24, 2.45) is 0 Å². The first-order chi connectivity index (χ1) is 9.04. The molecule has 0 aliphatic rings. The molecular weight excluding hydrogens is 238 g/mol. The molecule has 0 unspecified atom stereocenters. The van der Waals surface area contributed by atoms with E-state index in [0.717, 1.165) is 25.3 Å². The number of hydrogen-bond donors (Lipinski definition) is 2. The molecule has 0 aliphatic carbocycles. The first kappa shape index (κ1) is 15.6. The third-order valence-electron chi connectivity index (χ3n) is 3.39. The summed E-state index contributed by atoms with van der Waals surface area (Å²) in [6.45, 7) is 5.25. The molecule has 0 aromatic heterocycles. The number of nitrogens with zero attached hydrogens (tertiary/aromatic N) is 2. The molecular formula is C15H27N3O. The maximum Gasteiger partial charge on any atom is 0.117 e. The molecule has 0 radical (unpaired) electrons. The van der Waals surface area contributed by atoms with Gasteiger partial charge in [-0.3, -0.25) is 0 Å². The summed E-state index contributed by atoms with van der Waals surface area (Å²) in [5, 5.41) is 9.51. The van der Waals surface area contributed by atoms with Gasteiger partial charge in [0, 0.05) is 26.2 Å². The Labute approximate surface area is 116 Å². The normalized spacial score (nSPS) is 10.9. The summed E-state index contributed by atoms with van der Waals surface area (Å²) in [5.41, 5.74) is 7.52. The lowest BCUT2D eigenvalue weighted by Gasteiger charge is -2.24. The Balaban J connectivity index is 2.42. The fourth-order valence-corrected chi connectivity index (χ4v) is 2.05. The molecule has 0 heterocycles. The number of rotatable bonds is 8. The number of phenolic OH excluding ortho intramolecular Hbond substituents is 1. The Morgan fingerprint density at radius 2 is 1.84 bits per heavy atom. The zero-order valence-corrected chi connectivity index (χ0v) is 12.4. The fraction of sp³-hybridized carbons (Fsp3) is 0.600. The van der Waals surface area contributed by atoms with Crippen LogP contribution in [-0.4, -0.2) is 43.7 Å². The largest absolute Gasteiger partial charge is 0.508 e. The minimum absolute atomic E-state index is 0.257. The quantitative estimate of drug-likeness (QED) is 0.431. The summed E-state index contributed by atoms with van der Waals surface area (Å²) < 4.78 is 0. The van der Waals surface area contributed by atoms with Crippen molar-refractivity contribution in [2.75, 3.05) is 44.4 Å². The van der Waals surface area contributed by atoms with Crippen molar-refractivity contribution >= 4 is 11.4 Å². The van der Waals surface area contributed by atoms with Crippen LogP contribution in [0.4, 0.5) is 11.4 Å². The number of aromatic hydroxyl groups is 1. The monoisotopic (exact) mass is 265 g/mol. The van der Waals surface area contributed by atoms with Gasteiger partial charge in [-0.1, -0.05) is 19.8 Å². The average Bonchev–Trinajstić information content (AvgIpc) is 2.39. The Kier molecular flexibility index (Phi) is 6.50. The highest BCUT2D eigenvalue weighted by molar-refractivity contribution is 5.69. The van der Waals surface area contributed by atoms with Crippen molar-refractivity contribution in [1.29, 1.82) is 0 Å². The number of unbranched alkanes of at least 4 members (excludes halogenated alkanes) is 2. The van der Waals surface area contributed by atoms with Gasteiger partial charge >= 0.3 is 0 Å². The summed E-state index contributed by atoms with van der Waals surface area (Å²) in [6.07, 6.45) is 3.80. The zero-order chi connectivity index (χ0) is 14.3. The third kappa shape index (κ3) is 5.39. The Hall–Kier alpha value is -1.42. The molecule has 4 nitrogen and oxygen atoms in total. The van der Waals surface area contributed by atoms with E-state index < -0.39 is 0 Å². The number of nitrogens with two attached hydrogens (primary N) is 1. The lowest BCUT2D eigenvalue weighted by Crippen LogP contribution is -2.31. The summed E-state index contributed by atoms with van der Waals surface area (Å²) in [5.74, 6) is 0.257. The van der Waals surface area contributed by atoms with Gasteiger partial charge in [0.05, 0.1) is 11.4 Å². The van der Waals surface area contributed by atoms with E-state index in [-0.39, 0.29) is 5.75 Å². The molecule has 0 bridgehead atoms. The molecule has 19 heavy (non-hydrogen) atoms. The lowest BCUT2D eigenvalue weighted by molar-refractivity contribution is 0.332. The minimum atomic E-state index is 0.257. The van der Waals surface area contributed by atoms with E-state index in [1.165, 1.54) is 19.3 Å². The average molecular weight is 265 g/mol. The van der Waals surface area contributed by atoms with Gasteiger partial charge in [-0.2, -0.15) is 0 Å². The second kappa shape index (κ2) is 7.89. The number of likely N-dealkylation sites (N-methyl/N-ethyl adjacent to an activating group) is 2. The molecule has 0 saturated heterocycles. The maximum atomic E-state index is 9.51. The van der Waals surface area contributed by atoms with Crippen LogP contribution in [-0.2, 0) is 0 Å². The smallest absolute Gasteiger partial charge is 0.117 e. The van der Waals surface area contributed by atoms with Crippen LogP contribution < -0.4 is 10.6 Å². The molecule has 0 fully saturated rings. The Bertz CT molecular complexity index is 382. The van der Waals surface area contributed by atoms with E-state index in [1.54, 1.807) is 18.2 Å². The Morgan fingerprint density at radius 1 is 1.11 bits per heavy atom. The summed E-state index contributed by atoms with van der Waals surface area (Å²) >= 11 is 0. The molecule has 4 heteroatoms. The highest BCUT2D eigenvalue weighted by Gasteiger charge is 2.07. The van der Waals surface area contributed by atoms with Gasteiger partial charge in [0.25, 0.3) is 0 Å². The summed E-state index contributed by atoms with van der Waals surface area (Å²) in [4.78, 5) is 4.43. The van der Waals surface area contributed by atoms with Crippen molar-refractivity contribution < 1.29 is 5.11 Å². The molecule has 3 N–H and O–H groups in total. The number of phenols is 1. The molecule has 1 aromatic rings. The van der Waals surface area contributed by atoms with Crippen molar-refractivity contribution in [3.63, 3.8) is 0 Å². The van der Waals surface area contributed by atoms with Crippen LogP contribution in [0.25, 0.3) is 0 Å². The van der Waals surface area contributed by atoms with Crippen LogP contribution >= 0.6 is 0 Å². The van der Waals surface area contributed by atoms with Gasteiger partial charge in [-0.05, 0) is 32.1 Å². The van der Waals surface area contributed by atoms with Crippen molar-refractivity contribution in [3.8, 4) is 5.75 Å².